The highest BCUT2D eigenvalue weighted by atomic mass is 35.5. The first-order chi connectivity index (χ1) is 16.2. The molecular weight excluding hydrogens is 438 g/mol. The Morgan fingerprint density at radius 3 is 1.06 bits per heavy atom. The van der Waals surface area contributed by atoms with E-state index < -0.39 is 0 Å². The maximum Gasteiger partial charge on any atom is 0.155 e. The van der Waals surface area contributed by atoms with Gasteiger partial charge in [0.05, 0.1) is 19.6 Å². The number of hydrogen-bond acceptors (Lipinski definition) is 1. The van der Waals surface area contributed by atoms with Gasteiger partial charge in [-0.2, -0.15) is 0 Å². The zero-order valence-electron chi connectivity index (χ0n) is 23.5. The molecule has 0 aliphatic rings. The van der Waals surface area contributed by atoms with Crippen LogP contribution in [0.2, 0.25) is 0 Å². The van der Waals surface area contributed by atoms with Crippen LogP contribution in [-0.4, -0.2) is 25.4 Å². The molecule has 0 atom stereocenters. The molecule has 0 spiro atoms. The second-order valence-corrected chi connectivity index (χ2v) is 10.4. The maximum absolute atomic E-state index is 11.1. The van der Waals surface area contributed by atoms with Crippen LogP contribution in [0.15, 0.2) is 12.7 Å². The number of ketones is 1. The van der Waals surface area contributed by atoms with Crippen molar-refractivity contribution in [1.29, 1.82) is 0 Å². The van der Waals surface area contributed by atoms with Gasteiger partial charge in [0.25, 0.3) is 0 Å². The van der Waals surface area contributed by atoms with Crippen LogP contribution in [-0.2, 0) is 4.79 Å². The molecule has 0 aromatic heterocycles. The van der Waals surface area contributed by atoms with Crippen molar-refractivity contribution < 1.29 is 22.1 Å². The lowest BCUT2D eigenvalue weighted by molar-refractivity contribution is -0.896. The SMILES string of the molecule is C=CC(=O)CCCCCCCCCCCCCCCCCCCCCCCC[NH+](CC)CC.[Cl-]. The Balaban J connectivity index is 0. The van der Waals surface area contributed by atoms with E-state index in [1.54, 1.807) is 4.90 Å². The number of carbonyl (C=O) groups excluding carboxylic acids is 1. The van der Waals surface area contributed by atoms with Crippen molar-refractivity contribution >= 4 is 5.78 Å². The predicted molar refractivity (Wildman–Crippen MR) is 148 cm³/mol. The maximum atomic E-state index is 11.1. The third-order valence-corrected chi connectivity index (χ3v) is 7.43. The largest absolute Gasteiger partial charge is 1.00 e. The fraction of sp³-hybridized carbons (Fsp3) is 0.903. The first kappa shape index (κ1) is 35.8. The first-order valence-electron chi connectivity index (χ1n) is 15.2. The van der Waals surface area contributed by atoms with Crippen molar-refractivity contribution in [2.24, 2.45) is 0 Å². The van der Waals surface area contributed by atoms with Crippen LogP contribution in [0, 0.1) is 0 Å². The molecule has 0 aromatic carbocycles. The zero-order valence-corrected chi connectivity index (χ0v) is 24.2. The van der Waals surface area contributed by atoms with Gasteiger partial charge in [0.1, 0.15) is 0 Å². The molecule has 0 aliphatic carbocycles. The van der Waals surface area contributed by atoms with Crippen molar-refractivity contribution in [2.45, 2.75) is 162 Å². The predicted octanol–water partition coefficient (Wildman–Crippen LogP) is 5.64. The fourth-order valence-electron chi connectivity index (χ4n) is 4.92. The summed E-state index contributed by atoms with van der Waals surface area (Å²) in [6.45, 7) is 12.1. The number of nitrogens with one attached hydrogen (secondary N) is 1. The number of unbranched alkanes of at least 4 members (excludes halogenated alkanes) is 21. The third kappa shape index (κ3) is 27.9. The van der Waals surface area contributed by atoms with Gasteiger partial charge in [-0.05, 0) is 39.2 Å². The lowest BCUT2D eigenvalue weighted by Gasteiger charge is -2.14. The molecule has 0 saturated heterocycles. The lowest BCUT2D eigenvalue weighted by atomic mass is 10.0. The summed E-state index contributed by atoms with van der Waals surface area (Å²) in [5.41, 5.74) is 0. The summed E-state index contributed by atoms with van der Waals surface area (Å²) in [7, 11) is 0. The molecule has 0 unspecified atom stereocenters. The van der Waals surface area contributed by atoms with E-state index in [1.165, 1.54) is 161 Å². The van der Waals surface area contributed by atoms with E-state index in [1.807, 2.05) is 0 Å². The quantitative estimate of drug-likeness (QED) is 0.109. The first-order valence-corrected chi connectivity index (χ1v) is 15.2. The molecule has 204 valence electrons. The van der Waals surface area contributed by atoms with E-state index in [-0.39, 0.29) is 18.2 Å². The molecule has 0 heterocycles. The number of halogens is 1. The summed E-state index contributed by atoms with van der Waals surface area (Å²) in [6, 6.07) is 0. The molecule has 0 amide bonds. The summed E-state index contributed by atoms with van der Waals surface area (Å²) in [5, 5.41) is 0. The smallest absolute Gasteiger partial charge is 0.155 e. The summed E-state index contributed by atoms with van der Waals surface area (Å²) in [4.78, 5) is 12.9. The minimum atomic E-state index is 0. The van der Waals surface area contributed by atoms with Gasteiger partial charge in [0.15, 0.2) is 5.78 Å². The van der Waals surface area contributed by atoms with E-state index in [4.69, 9.17) is 0 Å². The van der Waals surface area contributed by atoms with E-state index >= 15 is 0 Å². The third-order valence-electron chi connectivity index (χ3n) is 7.43. The number of hydrogen-bond donors (Lipinski definition) is 1. The number of carbonyl (C=O) groups is 1. The average Bonchev–Trinajstić information content (AvgIpc) is 2.84. The molecule has 0 fully saturated rings. The highest BCUT2D eigenvalue weighted by Gasteiger charge is 2.01. The van der Waals surface area contributed by atoms with Gasteiger partial charge in [-0.1, -0.05) is 129 Å². The van der Waals surface area contributed by atoms with E-state index in [0.717, 1.165) is 6.42 Å². The molecule has 0 aromatic rings. The van der Waals surface area contributed by atoms with Crippen LogP contribution < -0.4 is 17.3 Å². The minimum absolute atomic E-state index is 0. The van der Waals surface area contributed by atoms with Crippen LogP contribution in [0.1, 0.15) is 162 Å². The molecule has 3 heteroatoms. The van der Waals surface area contributed by atoms with Gasteiger partial charge in [0, 0.05) is 6.42 Å². The second kappa shape index (κ2) is 30.7. The Morgan fingerprint density at radius 1 is 0.529 bits per heavy atom. The van der Waals surface area contributed by atoms with E-state index in [2.05, 4.69) is 20.4 Å². The van der Waals surface area contributed by atoms with Crippen molar-refractivity contribution in [3.8, 4) is 0 Å². The summed E-state index contributed by atoms with van der Waals surface area (Å²) in [5.74, 6) is 0.202. The Bertz CT molecular complexity index is 408. The summed E-state index contributed by atoms with van der Waals surface area (Å²) < 4.78 is 0. The minimum Gasteiger partial charge on any atom is -1.00 e. The van der Waals surface area contributed by atoms with Crippen molar-refractivity contribution in [3.05, 3.63) is 12.7 Å². The van der Waals surface area contributed by atoms with Gasteiger partial charge in [-0.3, -0.25) is 4.79 Å². The van der Waals surface area contributed by atoms with E-state index in [9.17, 15) is 4.79 Å². The Hall–Kier alpha value is -0.340. The molecular formula is C31H62ClNO. The molecule has 0 rings (SSSR count). The monoisotopic (exact) mass is 499 g/mol. The Morgan fingerprint density at radius 2 is 0.794 bits per heavy atom. The van der Waals surface area contributed by atoms with Crippen molar-refractivity contribution in [2.75, 3.05) is 19.6 Å². The standard InChI is InChI=1S/C31H61NO.ClH/c1-4-31(33)29-27-25-23-21-19-17-15-13-11-9-7-8-10-12-14-16-18-20-22-24-26-28-30-32(5-2)6-3;/h4H,1,5-30H2,2-3H3;1H. The second-order valence-electron chi connectivity index (χ2n) is 10.4. The highest BCUT2D eigenvalue weighted by Crippen LogP contribution is 2.15. The van der Waals surface area contributed by atoms with Crippen LogP contribution in [0.5, 0.6) is 0 Å². The van der Waals surface area contributed by atoms with Gasteiger partial charge >= 0.3 is 0 Å². The lowest BCUT2D eigenvalue weighted by Crippen LogP contribution is -3.11. The molecule has 2 nitrogen and oxygen atoms in total. The summed E-state index contributed by atoms with van der Waals surface area (Å²) >= 11 is 0. The van der Waals surface area contributed by atoms with Crippen LogP contribution in [0.4, 0.5) is 0 Å². The van der Waals surface area contributed by atoms with Gasteiger partial charge in [0.2, 0.25) is 0 Å². The van der Waals surface area contributed by atoms with E-state index in [0.29, 0.717) is 6.42 Å². The van der Waals surface area contributed by atoms with Gasteiger partial charge < -0.3 is 17.3 Å². The van der Waals surface area contributed by atoms with Crippen LogP contribution in [0.3, 0.4) is 0 Å². The van der Waals surface area contributed by atoms with Gasteiger partial charge in [-0.25, -0.2) is 0 Å². The average molecular weight is 500 g/mol. The number of rotatable bonds is 28. The Kier molecular flexibility index (Phi) is 32.3. The zero-order chi connectivity index (χ0) is 24.2. The number of allylic oxidation sites excluding steroid dienone is 1. The summed E-state index contributed by atoms with van der Waals surface area (Å²) in [6.07, 6.45) is 33.1. The van der Waals surface area contributed by atoms with Crippen LogP contribution >= 0.6 is 0 Å². The molecule has 0 saturated carbocycles. The highest BCUT2D eigenvalue weighted by molar-refractivity contribution is 5.88. The Labute approximate surface area is 221 Å². The van der Waals surface area contributed by atoms with Gasteiger partial charge in [-0.15, -0.1) is 0 Å². The van der Waals surface area contributed by atoms with Crippen molar-refractivity contribution in [3.63, 3.8) is 0 Å². The normalized spacial score (nSPS) is 11.0. The van der Waals surface area contributed by atoms with Crippen molar-refractivity contribution in [1.82, 2.24) is 0 Å². The topological polar surface area (TPSA) is 21.5 Å². The molecule has 0 bridgehead atoms. The van der Waals surface area contributed by atoms with Crippen LogP contribution in [0.25, 0.3) is 0 Å². The molecule has 0 aliphatic heterocycles. The molecule has 1 N–H and O–H groups in total. The fourth-order valence-corrected chi connectivity index (χ4v) is 4.92. The molecule has 34 heavy (non-hydrogen) atoms. The number of quaternary nitrogens is 1. The molecule has 0 radical (unpaired) electrons.